The van der Waals surface area contributed by atoms with E-state index in [0.29, 0.717) is 5.39 Å². The van der Waals surface area contributed by atoms with Crippen molar-refractivity contribution >= 4 is 16.6 Å². The van der Waals surface area contributed by atoms with Crippen molar-refractivity contribution in [1.29, 1.82) is 0 Å². The van der Waals surface area contributed by atoms with Gasteiger partial charge < -0.3 is 5.32 Å². The van der Waals surface area contributed by atoms with Crippen molar-refractivity contribution in [3.8, 4) is 0 Å². The number of aromatic nitrogens is 2. The Balaban J connectivity index is 2.30. The lowest BCUT2D eigenvalue weighted by Gasteiger charge is -2.09. The first-order valence-electron chi connectivity index (χ1n) is 4.57. The Bertz CT molecular complexity index is 491. The molecule has 0 aliphatic rings. The number of anilines is 1. The highest BCUT2D eigenvalue weighted by atomic mass is 19.4. The van der Waals surface area contributed by atoms with Gasteiger partial charge in [-0.25, -0.2) is 0 Å². The predicted molar refractivity (Wildman–Crippen MR) is 54.1 cm³/mol. The van der Waals surface area contributed by atoms with Gasteiger partial charge in [-0.05, 0) is 0 Å². The summed E-state index contributed by atoms with van der Waals surface area (Å²) in [5.41, 5.74) is 0. The molecule has 2 rings (SSSR count). The Labute approximate surface area is 89.3 Å². The summed E-state index contributed by atoms with van der Waals surface area (Å²) >= 11 is 0. The highest BCUT2D eigenvalue weighted by Crippen LogP contribution is 2.21. The Morgan fingerprint density at radius 2 is 1.94 bits per heavy atom. The molecule has 0 unspecified atom stereocenters. The molecule has 0 radical (unpaired) electrons. The van der Waals surface area contributed by atoms with Crippen LogP contribution in [0.1, 0.15) is 0 Å². The van der Waals surface area contributed by atoms with E-state index >= 15 is 0 Å². The summed E-state index contributed by atoms with van der Waals surface area (Å²) < 4.78 is 36.1. The standard InChI is InChI=1S/C10H8F3N3/c11-10(12,13)6-14-9-8-4-2-1-3-7(8)5-15-16-9/h1-5H,6H2,(H,14,16). The topological polar surface area (TPSA) is 37.8 Å². The lowest BCUT2D eigenvalue weighted by Crippen LogP contribution is -2.22. The zero-order valence-electron chi connectivity index (χ0n) is 8.12. The van der Waals surface area contributed by atoms with Gasteiger partial charge in [-0.2, -0.15) is 18.3 Å². The van der Waals surface area contributed by atoms with Crippen molar-refractivity contribution < 1.29 is 13.2 Å². The monoisotopic (exact) mass is 227 g/mol. The Morgan fingerprint density at radius 1 is 1.19 bits per heavy atom. The second kappa shape index (κ2) is 3.96. The zero-order valence-corrected chi connectivity index (χ0v) is 8.12. The maximum Gasteiger partial charge on any atom is 0.405 e. The van der Waals surface area contributed by atoms with Gasteiger partial charge >= 0.3 is 6.18 Å². The molecule has 1 aromatic heterocycles. The summed E-state index contributed by atoms with van der Waals surface area (Å²) in [6.45, 7) is -1.12. The third-order valence-corrected chi connectivity index (χ3v) is 2.03. The zero-order chi connectivity index (χ0) is 11.6. The molecule has 16 heavy (non-hydrogen) atoms. The molecule has 84 valence electrons. The Hall–Kier alpha value is -1.85. The first-order chi connectivity index (χ1) is 7.56. The molecule has 1 N–H and O–H groups in total. The Morgan fingerprint density at radius 3 is 2.69 bits per heavy atom. The summed E-state index contributed by atoms with van der Waals surface area (Å²) in [7, 11) is 0. The average molecular weight is 227 g/mol. The van der Waals surface area contributed by atoms with Crippen molar-refractivity contribution in [2.75, 3.05) is 11.9 Å². The van der Waals surface area contributed by atoms with E-state index in [0.717, 1.165) is 5.39 Å². The minimum absolute atomic E-state index is 0.149. The molecular formula is C10H8F3N3. The van der Waals surface area contributed by atoms with Gasteiger partial charge in [0.25, 0.3) is 0 Å². The van der Waals surface area contributed by atoms with Crippen LogP contribution in [0.4, 0.5) is 19.0 Å². The van der Waals surface area contributed by atoms with Crippen LogP contribution in [-0.4, -0.2) is 22.9 Å². The maximum absolute atomic E-state index is 12.0. The third kappa shape index (κ3) is 2.39. The van der Waals surface area contributed by atoms with E-state index in [1.165, 1.54) is 6.20 Å². The van der Waals surface area contributed by atoms with Crippen molar-refractivity contribution in [3.63, 3.8) is 0 Å². The Kier molecular flexibility index (Phi) is 2.64. The number of alkyl halides is 3. The van der Waals surface area contributed by atoms with E-state index in [1.54, 1.807) is 24.3 Å². The molecule has 0 saturated heterocycles. The molecule has 0 fully saturated rings. The number of rotatable bonds is 2. The normalized spacial score (nSPS) is 11.7. The van der Waals surface area contributed by atoms with Gasteiger partial charge in [-0.15, -0.1) is 5.10 Å². The number of nitrogens with zero attached hydrogens (tertiary/aromatic N) is 2. The number of hydrogen-bond acceptors (Lipinski definition) is 3. The summed E-state index contributed by atoms with van der Waals surface area (Å²) in [4.78, 5) is 0. The maximum atomic E-state index is 12.0. The molecule has 0 aliphatic carbocycles. The van der Waals surface area contributed by atoms with Crippen LogP contribution in [0.2, 0.25) is 0 Å². The van der Waals surface area contributed by atoms with Gasteiger partial charge in [0.1, 0.15) is 6.54 Å². The summed E-state index contributed by atoms with van der Waals surface area (Å²) in [6.07, 6.45) is -2.76. The molecule has 2 aromatic rings. The average Bonchev–Trinajstić information content (AvgIpc) is 2.25. The molecule has 0 spiro atoms. The van der Waals surface area contributed by atoms with E-state index in [-0.39, 0.29) is 5.82 Å². The quantitative estimate of drug-likeness (QED) is 0.856. The fourth-order valence-electron chi connectivity index (χ4n) is 1.34. The first-order valence-corrected chi connectivity index (χ1v) is 4.57. The molecule has 0 atom stereocenters. The minimum atomic E-state index is -4.27. The predicted octanol–water partition coefficient (Wildman–Crippen LogP) is 2.60. The molecule has 0 saturated carbocycles. The molecule has 1 heterocycles. The molecule has 0 aliphatic heterocycles. The van der Waals surface area contributed by atoms with Crippen LogP contribution in [0.5, 0.6) is 0 Å². The van der Waals surface area contributed by atoms with Gasteiger partial charge in [0.2, 0.25) is 0 Å². The lowest BCUT2D eigenvalue weighted by atomic mass is 10.2. The molecule has 6 heteroatoms. The fraction of sp³-hybridized carbons (Fsp3) is 0.200. The largest absolute Gasteiger partial charge is 0.405 e. The molecule has 0 amide bonds. The van der Waals surface area contributed by atoms with E-state index < -0.39 is 12.7 Å². The van der Waals surface area contributed by atoms with Crippen LogP contribution in [0.15, 0.2) is 30.5 Å². The van der Waals surface area contributed by atoms with Gasteiger partial charge in [0, 0.05) is 10.8 Å². The van der Waals surface area contributed by atoms with Crippen LogP contribution in [0.25, 0.3) is 10.8 Å². The minimum Gasteiger partial charge on any atom is -0.359 e. The van der Waals surface area contributed by atoms with Crippen LogP contribution in [-0.2, 0) is 0 Å². The van der Waals surface area contributed by atoms with Gasteiger partial charge in [-0.3, -0.25) is 0 Å². The van der Waals surface area contributed by atoms with E-state index in [4.69, 9.17) is 0 Å². The SMILES string of the molecule is FC(F)(F)CNc1nncc2ccccc12. The summed E-state index contributed by atoms with van der Waals surface area (Å²) in [5.74, 6) is 0.149. The van der Waals surface area contributed by atoms with Crippen LogP contribution in [0, 0.1) is 0 Å². The number of hydrogen-bond donors (Lipinski definition) is 1. The highest BCUT2D eigenvalue weighted by Gasteiger charge is 2.27. The number of nitrogens with one attached hydrogen (secondary N) is 1. The van der Waals surface area contributed by atoms with E-state index in [9.17, 15) is 13.2 Å². The summed E-state index contributed by atoms with van der Waals surface area (Å²) in [5, 5.41) is 10.9. The van der Waals surface area contributed by atoms with Crippen molar-refractivity contribution in [3.05, 3.63) is 30.5 Å². The number of benzene rings is 1. The van der Waals surface area contributed by atoms with Crippen LogP contribution < -0.4 is 5.32 Å². The van der Waals surface area contributed by atoms with Crippen molar-refractivity contribution in [2.45, 2.75) is 6.18 Å². The summed E-state index contributed by atoms with van der Waals surface area (Å²) in [6, 6.07) is 6.99. The second-order valence-corrected chi connectivity index (χ2v) is 3.25. The van der Waals surface area contributed by atoms with Crippen molar-refractivity contribution in [1.82, 2.24) is 10.2 Å². The molecule has 3 nitrogen and oxygen atoms in total. The lowest BCUT2D eigenvalue weighted by molar-refractivity contribution is -0.115. The van der Waals surface area contributed by atoms with Gasteiger partial charge in [0.05, 0.1) is 6.20 Å². The van der Waals surface area contributed by atoms with E-state index in [2.05, 4.69) is 15.5 Å². The van der Waals surface area contributed by atoms with Gasteiger partial charge in [0.15, 0.2) is 5.82 Å². The van der Waals surface area contributed by atoms with Crippen molar-refractivity contribution in [2.24, 2.45) is 0 Å². The molecule has 0 bridgehead atoms. The molecular weight excluding hydrogens is 219 g/mol. The third-order valence-electron chi connectivity index (χ3n) is 2.03. The number of halogens is 3. The fourth-order valence-corrected chi connectivity index (χ4v) is 1.34. The van der Waals surface area contributed by atoms with E-state index in [1.807, 2.05) is 0 Å². The van der Waals surface area contributed by atoms with Crippen LogP contribution in [0.3, 0.4) is 0 Å². The number of fused-ring (bicyclic) bond motifs is 1. The molecule has 1 aromatic carbocycles. The smallest absolute Gasteiger partial charge is 0.359 e. The van der Waals surface area contributed by atoms with Gasteiger partial charge in [-0.1, -0.05) is 24.3 Å². The second-order valence-electron chi connectivity index (χ2n) is 3.25. The first kappa shape index (κ1) is 10.7. The van der Waals surface area contributed by atoms with Crippen LogP contribution >= 0.6 is 0 Å². The highest BCUT2D eigenvalue weighted by molar-refractivity contribution is 5.90.